The summed E-state index contributed by atoms with van der Waals surface area (Å²) in [5, 5.41) is 11.1. The van der Waals surface area contributed by atoms with Gasteiger partial charge in [0.2, 0.25) is 5.69 Å². The van der Waals surface area contributed by atoms with Crippen LogP contribution in [-0.2, 0) is 0 Å². The smallest absolute Gasteiger partial charge is 0.231 e. The quantitative estimate of drug-likeness (QED) is 0.575. The molecule has 0 aliphatic carbocycles. The van der Waals surface area contributed by atoms with Crippen LogP contribution in [0.15, 0.2) is 16.7 Å². The van der Waals surface area contributed by atoms with Crippen LogP contribution in [0.2, 0.25) is 0 Å². The van der Waals surface area contributed by atoms with Gasteiger partial charge >= 0.3 is 0 Å². The zero-order valence-electron chi connectivity index (χ0n) is 7.00. The number of pyridine rings is 1. The molecule has 0 unspecified atom stereocenters. The molecular weight excluding hydrogens is 222 g/mol. The SMILES string of the molecule is CCOc1cc(Br)c[n+]([O-])c1C. The van der Waals surface area contributed by atoms with Gasteiger partial charge in [0.15, 0.2) is 11.9 Å². The topological polar surface area (TPSA) is 36.2 Å². The predicted molar refractivity (Wildman–Crippen MR) is 49.0 cm³/mol. The van der Waals surface area contributed by atoms with E-state index in [0.717, 1.165) is 9.20 Å². The molecule has 1 rings (SSSR count). The number of nitrogens with zero attached hydrogens (tertiary/aromatic N) is 1. The Hall–Kier alpha value is -0.770. The number of rotatable bonds is 2. The Bertz CT molecular complexity index is 289. The van der Waals surface area contributed by atoms with E-state index in [4.69, 9.17) is 4.74 Å². The number of hydrogen-bond acceptors (Lipinski definition) is 2. The summed E-state index contributed by atoms with van der Waals surface area (Å²) >= 11 is 3.22. The summed E-state index contributed by atoms with van der Waals surface area (Å²) < 4.78 is 6.76. The van der Waals surface area contributed by atoms with Gasteiger partial charge in [-0.1, -0.05) is 0 Å². The highest BCUT2D eigenvalue weighted by Crippen LogP contribution is 2.18. The van der Waals surface area contributed by atoms with Gasteiger partial charge < -0.3 is 9.94 Å². The van der Waals surface area contributed by atoms with Crippen molar-refractivity contribution in [2.45, 2.75) is 13.8 Å². The van der Waals surface area contributed by atoms with E-state index in [1.807, 2.05) is 6.92 Å². The van der Waals surface area contributed by atoms with E-state index < -0.39 is 0 Å². The van der Waals surface area contributed by atoms with E-state index in [1.54, 1.807) is 13.0 Å². The molecule has 0 amide bonds. The van der Waals surface area contributed by atoms with E-state index in [-0.39, 0.29) is 0 Å². The Morgan fingerprint density at radius 3 is 2.92 bits per heavy atom. The molecule has 3 nitrogen and oxygen atoms in total. The van der Waals surface area contributed by atoms with Crippen molar-refractivity contribution in [1.29, 1.82) is 0 Å². The largest absolute Gasteiger partial charge is 0.618 e. The standard InChI is InChI=1S/C8H10BrNO2/c1-3-12-8-4-7(9)5-10(11)6(8)2/h4-5H,3H2,1-2H3. The average molecular weight is 232 g/mol. The van der Waals surface area contributed by atoms with Crippen molar-refractivity contribution in [1.82, 2.24) is 0 Å². The average Bonchev–Trinajstić information content (AvgIpc) is 2.00. The first-order chi connectivity index (χ1) is 5.65. The summed E-state index contributed by atoms with van der Waals surface area (Å²) in [7, 11) is 0. The Morgan fingerprint density at radius 2 is 2.33 bits per heavy atom. The molecule has 1 aromatic heterocycles. The second-order valence-electron chi connectivity index (χ2n) is 2.37. The molecule has 0 fully saturated rings. The second-order valence-corrected chi connectivity index (χ2v) is 3.28. The Morgan fingerprint density at radius 1 is 1.67 bits per heavy atom. The first kappa shape index (κ1) is 9.32. The minimum absolute atomic E-state index is 0.567. The van der Waals surface area contributed by atoms with Gasteiger partial charge in [-0.15, -0.1) is 0 Å². The third kappa shape index (κ3) is 1.88. The van der Waals surface area contributed by atoms with Gasteiger partial charge in [-0.2, -0.15) is 4.73 Å². The lowest BCUT2D eigenvalue weighted by Crippen LogP contribution is -2.30. The maximum Gasteiger partial charge on any atom is 0.231 e. The normalized spacial score (nSPS) is 9.92. The van der Waals surface area contributed by atoms with Crippen LogP contribution < -0.4 is 9.47 Å². The van der Waals surface area contributed by atoms with Crippen molar-refractivity contribution in [3.63, 3.8) is 0 Å². The number of ether oxygens (including phenoxy) is 1. The molecule has 12 heavy (non-hydrogen) atoms. The maximum absolute atomic E-state index is 11.1. The first-order valence-electron chi connectivity index (χ1n) is 3.67. The minimum atomic E-state index is 0.567. The highest BCUT2D eigenvalue weighted by atomic mass is 79.9. The van der Waals surface area contributed by atoms with Crippen molar-refractivity contribution < 1.29 is 9.47 Å². The van der Waals surface area contributed by atoms with Crippen LogP contribution in [-0.4, -0.2) is 6.61 Å². The van der Waals surface area contributed by atoms with E-state index in [9.17, 15) is 5.21 Å². The molecule has 0 saturated carbocycles. The summed E-state index contributed by atoms with van der Waals surface area (Å²) in [6, 6.07) is 1.78. The Kier molecular flexibility index (Phi) is 2.92. The van der Waals surface area contributed by atoms with Crippen molar-refractivity contribution in [2.24, 2.45) is 0 Å². The molecule has 0 aliphatic rings. The number of halogens is 1. The van der Waals surface area contributed by atoms with Crippen LogP contribution in [0.3, 0.4) is 0 Å². The van der Waals surface area contributed by atoms with E-state index in [2.05, 4.69) is 15.9 Å². The van der Waals surface area contributed by atoms with Crippen LogP contribution in [0.1, 0.15) is 12.6 Å². The van der Waals surface area contributed by atoms with Gasteiger partial charge in [0.25, 0.3) is 0 Å². The van der Waals surface area contributed by atoms with Crippen LogP contribution >= 0.6 is 15.9 Å². The van der Waals surface area contributed by atoms with Gasteiger partial charge in [-0.3, -0.25) is 0 Å². The van der Waals surface area contributed by atoms with Crippen molar-refractivity contribution in [2.75, 3.05) is 6.61 Å². The fourth-order valence-electron chi connectivity index (χ4n) is 0.886. The zero-order valence-corrected chi connectivity index (χ0v) is 8.59. The van der Waals surface area contributed by atoms with Gasteiger partial charge in [-0.25, -0.2) is 0 Å². The fourth-order valence-corrected chi connectivity index (χ4v) is 1.28. The minimum Gasteiger partial charge on any atom is -0.618 e. The summed E-state index contributed by atoms with van der Waals surface area (Å²) in [4.78, 5) is 0. The van der Waals surface area contributed by atoms with E-state index in [0.29, 0.717) is 18.1 Å². The van der Waals surface area contributed by atoms with Crippen molar-refractivity contribution in [3.8, 4) is 5.75 Å². The van der Waals surface area contributed by atoms with Crippen molar-refractivity contribution in [3.05, 3.63) is 27.6 Å². The molecule has 66 valence electrons. The highest BCUT2D eigenvalue weighted by Gasteiger charge is 2.09. The third-order valence-electron chi connectivity index (χ3n) is 1.50. The van der Waals surface area contributed by atoms with Crippen LogP contribution in [0, 0.1) is 12.1 Å². The Labute approximate surface area is 79.7 Å². The van der Waals surface area contributed by atoms with Crippen LogP contribution in [0.25, 0.3) is 0 Å². The van der Waals surface area contributed by atoms with Crippen LogP contribution in [0.4, 0.5) is 0 Å². The zero-order chi connectivity index (χ0) is 9.14. The lowest BCUT2D eigenvalue weighted by atomic mass is 10.3. The third-order valence-corrected chi connectivity index (χ3v) is 1.93. The van der Waals surface area contributed by atoms with Gasteiger partial charge in [0.1, 0.15) is 0 Å². The molecule has 1 heterocycles. The second kappa shape index (κ2) is 3.76. The first-order valence-corrected chi connectivity index (χ1v) is 4.46. The fraction of sp³-hybridized carbons (Fsp3) is 0.375. The molecule has 0 aromatic carbocycles. The Balaban J connectivity index is 3.09. The molecule has 0 spiro atoms. The van der Waals surface area contributed by atoms with E-state index >= 15 is 0 Å². The molecule has 0 bridgehead atoms. The molecule has 0 saturated heterocycles. The molecular formula is C8H10BrNO2. The van der Waals surface area contributed by atoms with Gasteiger partial charge in [0, 0.05) is 13.0 Å². The molecule has 4 heteroatoms. The summed E-state index contributed by atoms with van der Waals surface area (Å²) in [5.41, 5.74) is 0.583. The molecule has 0 aliphatic heterocycles. The summed E-state index contributed by atoms with van der Waals surface area (Å²) in [6.45, 7) is 4.18. The molecule has 1 aromatic rings. The van der Waals surface area contributed by atoms with Gasteiger partial charge in [-0.05, 0) is 22.9 Å². The maximum atomic E-state index is 11.1. The molecule has 0 radical (unpaired) electrons. The van der Waals surface area contributed by atoms with E-state index in [1.165, 1.54) is 6.20 Å². The summed E-state index contributed by atoms with van der Waals surface area (Å²) in [5.74, 6) is 0.627. The van der Waals surface area contributed by atoms with Crippen LogP contribution in [0.5, 0.6) is 5.75 Å². The number of hydrogen-bond donors (Lipinski definition) is 0. The van der Waals surface area contributed by atoms with Gasteiger partial charge in [0.05, 0.1) is 11.1 Å². The lowest BCUT2D eigenvalue weighted by Gasteiger charge is -2.07. The lowest BCUT2D eigenvalue weighted by molar-refractivity contribution is -0.613. The molecule has 0 N–H and O–H groups in total. The number of aromatic nitrogens is 1. The van der Waals surface area contributed by atoms with Crippen molar-refractivity contribution >= 4 is 15.9 Å². The summed E-state index contributed by atoms with van der Waals surface area (Å²) in [6.07, 6.45) is 1.46. The monoisotopic (exact) mass is 231 g/mol. The predicted octanol–water partition coefficient (Wildman–Crippen LogP) is 1.79. The molecule has 0 atom stereocenters. The highest BCUT2D eigenvalue weighted by molar-refractivity contribution is 9.10.